The number of piperazine rings is 1. The van der Waals surface area contributed by atoms with E-state index < -0.39 is 5.54 Å². The van der Waals surface area contributed by atoms with Gasteiger partial charge >= 0.3 is 0 Å². The first-order valence-corrected chi connectivity index (χ1v) is 7.23. The predicted molar refractivity (Wildman–Crippen MR) is 83.0 cm³/mol. The molecule has 0 aliphatic carbocycles. The van der Waals surface area contributed by atoms with Gasteiger partial charge in [0.05, 0.1) is 11.6 Å². The first kappa shape index (κ1) is 13.8. The summed E-state index contributed by atoms with van der Waals surface area (Å²) in [5.41, 5.74) is 0.568. The molecule has 2 aromatic rings. The van der Waals surface area contributed by atoms with Crippen molar-refractivity contribution in [2.45, 2.75) is 19.4 Å². The summed E-state index contributed by atoms with van der Waals surface area (Å²) in [6.07, 6.45) is 1.88. The number of hydrogen-bond donors (Lipinski definition) is 0. The zero-order valence-electron chi connectivity index (χ0n) is 12.5. The lowest BCUT2D eigenvalue weighted by Gasteiger charge is -2.40. The van der Waals surface area contributed by atoms with Gasteiger partial charge in [-0.05, 0) is 19.9 Å². The van der Waals surface area contributed by atoms with E-state index in [1.807, 2.05) is 44.3 Å². The van der Waals surface area contributed by atoms with Gasteiger partial charge in [0.15, 0.2) is 0 Å². The minimum Gasteiger partial charge on any atom is -0.338 e. The molecule has 5 heteroatoms. The van der Waals surface area contributed by atoms with Crippen LogP contribution in [0.3, 0.4) is 0 Å². The number of para-hydroxylation sites is 1. The zero-order valence-corrected chi connectivity index (χ0v) is 12.5. The van der Waals surface area contributed by atoms with Crippen molar-refractivity contribution in [3.8, 4) is 6.07 Å². The molecule has 0 saturated carbocycles. The van der Waals surface area contributed by atoms with E-state index in [1.54, 1.807) is 0 Å². The smallest absolute Gasteiger partial charge is 0.225 e. The van der Waals surface area contributed by atoms with Crippen molar-refractivity contribution >= 4 is 16.9 Å². The summed E-state index contributed by atoms with van der Waals surface area (Å²) in [5, 5.41) is 10.3. The highest BCUT2D eigenvalue weighted by atomic mass is 15.3. The minimum atomic E-state index is -0.406. The molecule has 0 N–H and O–H groups in total. The second-order valence-electron chi connectivity index (χ2n) is 5.87. The normalized spacial score (nSPS) is 16.9. The first-order chi connectivity index (χ1) is 10.1. The fourth-order valence-electron chi connectivity index (χ4n) is 2.65. The van der Waals surface area contributed by atoms with Gasteiger partial charge in [0, 0.05) is 37.8 Å². The van der Waals surface area contributed by atoms with Crippen molar-refractivity contribution in [1.29, 1.82) is 5.26 Å². The standard InChI is InChI=1S/C16H19N5/c1-16(2,12-17)21-9-7-20(8-10-21)15-18-11-13-5-3-4-6-14(13)19-15/h3-6,11H,7-10H2,1-2H3. The third-order valence-corrected chi connectivity index (χ3v) is 4.10. The Hall–Kier alpha value is -2.19. The number of benzene rings is 1. The number of nitrogens with zero attached hydrogens (tertiary/aromatic N) is 5. The molecule has 108 valence electrons. The molecule has 0 radical (unpaired) electrons. The van der Waals surface area contributed by atoms with Gasteiger partial charge in [-0.3, -0.25) is 4.90 Å². The van der Waals surface area contributed by atoms with Gasteiger partial charge in [0.25, 0.3) is 0 Å². The zero-order chi connectivity index (χ0) is 14.9. The second-order valence-corrected chi connectivity index (χ2v) is 5.87. The molecule has 1 aliphatic heterocycles. The quantitative estimate of drug-likeness (QED) is 0.843. The molecule has 0 bridgehead atoms. The summed E-state index contributed by atoms with van der Waals surface area (Å²) >= 11 is 0. The first-order valence-electron chi connectivity index (χ1n) is 7.23. The fraction of sp³-hybridized carbons (Fsp3) is 0.438. The highest BCUT2D eigenvalue weighted by molar-refractivity contribution is 5.78. The highest BCUT2D eigenvalue weighted by Gasteiger charge is 2.30. The third-order valence-electron chi connectivity index (χ3n) is 4.10. The molecule has 21 heavy (non-hydrogen) atoms. The van der Waals surface area contributed by atoms with Gasteiger partial charge in [0.1, 0.15) is 5.54 Å². The maximum Gasteiger partial charge on any atom is 0.225 e. The Balaban J connectivity index is 1.75. The maximum absolute atomic E-state index is 9.22. The predicted octanol–water partition coefficient (Wildman–Crippen LogP) is 2.05. The molecule has 2 heterocycles. The lowest BCUT2D eigenvalue weighted by molar-refractivity contribution is 0.157. The number of fused-ring (bicyclic) bond motifs is 1. The van der Waals surface area contributed by atoms with Gasteiger partial charge in [-0.1, -0.05) is 18.2 Å². The van der Waals surface area contributed by atoms with Crippen LogP contribution >= 0.6 is 0 Å². The van der Waals surface area contributed by atoms with Crippen LogP contribution in [-0.4, -0.2) is 46.6 Å². The van der Waals surface area contributed by atoms with Crippen molar-refractivity contribution in [3.05, 3.63) is 30.5 Å². The van der Waals surface area contributed by atoms with Crippen LogP contribution < -0.4 is 4.90 Å². The summed E-state index contributed by atoms with van der Waals surface area (Å²) in [4.78, 5) is 13.5. The molecule has 3 rings (SSSR count). The average molecular weight is 281 g/mol. The van der Waals surface area contributed by atoms with E-state index in [4.69, 9.17) is 0 Å². The van der Waals surface area contributed by atoms with Crippen LogP contribution in [0, 0.1) is 11.3 Å². The Morgan fingerprint density at radius 3 is 2.57 bits per heavy atom. The molecular weight excluding hydrogens is 262 g/mol. The fourth-order valence-corrected chi connectivity index (χ4v) is 2.65. The van der Waals surface area contributed by atoms with Crippen molar-refractivity contribution in [2.75, 3.05) is 31.1 Å². The molecule has 0 spiro atoms. The Bertz CT molecular complexity index is 680. The van der Waals surface area contributed by atoms with Crippen LogP contribution in [0.4, 0.5) is 5.95 Å². The monoisotopic (exact) mass is 281 g/mol. The summed E-state index contributed by atoms with van der Waals surface area (Å²) in [5.74, 6) is 0.781. The Morgan fingerprint density at radius 2 is 1.86 bits per heavy atom. The third kappa shape index (κ3) is 2.67. The van der Waals surface area contributed by atoms with Crippen molar-refractivity contribution < 1.29 is 0 Å². The van der Waals surface area contributed by atoms with E-state index in [-0.39, 0.29) is 0 Å². The molecule has 1 saturated heterocycles. The lowest BCUT2D eigenvalue weighted by Crippen LogP contribution is -2.54. The van der Waals surface area contributed by atoms with Gasteiger partial charge in [-0.15, -0.1) is 0 Å². The van der Waals surface area contributed by atoms with Crippen LogP contribution in [0.5, 0.6) is 0 Å². The maximum atomic E-state index is 9.22. The van der Waals surface area contributed by atoms with E-state index >= 15 is 0 Å². The molecule has 1 fully saturated rings. The summed E-state index contributed by atoms with van der Waals surface area (Å²) < 4.78 is 0. The topological polar surface area (TPSA) is 56.1 Å². The molecule has 5 nitrogen and oxygen atoms in total. The summed E-state index contributed by atoms with van der Waals surface area (Å²) in [6, 6.07) is 10.4. The van der Waals surface area contributed by atoms with Gasteiger partial charge in [-0.2, -0.15) is 5.26 Å². The molecule has 1 aromatic carbocycles. The van der Waals surface area contributed by atoms with Gasteiger partial charge in [-0.25, -0.2) is 9.97 Å². The van der Waals surface area contributed by atoms with E-state index in [9.17, 15) is 5.26 Å². The van der Waals surface area contributed by atoms with E-state index in [2.05, 4.69) is 25.8 Å². The number of aromatic nitrogens is 2. The van der Waals surface area contributed by atoms with Crippen LogP contribution in [0.25, 0.3) is 10.9 Å². The summed E-state index contributed by atoms with van der Waals surface area (Å²) in [7, 11) is 0. The highest BCUT2D eigenvalue weighted by Crippen LogP contribution is 2.20. The summed E-state index contributed by atoms with van der Waals surface area (Å²) in [6.45, 7) is 7.35. The van der Waals surface area contributed by atoms with E-state index in [0.717, 1.165) is 43.0 Å². The molecule has 1 aliphatic rings. The Labute approximate surface area is 124 Å². The van der Waals surface area contributed by atoms with Crippen LogP contribution in [0.1, 0.15) is 13.8 Å². The lowest BCUT2D eigenvalue weighted by atomic mass is 10.0. The SMILES string of the molecule is CC(C)(C#N)N1CCN(c2ncc3ccccc3n2)CC1. The number of rotatable bonds is 2. The average Bonchev–Trinajstić information content (AvgIpc) is 2.54. The minimum absolute atomic E-state index is 0.406. The van der Waals surface area contributed by atoms with Crippen molar-refractivity contribution in [2.24, 2.45) is 0 Å². The number of anilines is 1. The number of hydrogen-bond acceptors (Lipinski definition) is 5. The van der Waals surface area contributed by atoms with Crippen LogP contribution in [0.2, 0.25) is 0 Å². The Kier molecular flexibility index (Phi) is 3.48. The van der Waals surface area contributed by atoms with Crippen molar-refractivity contribution in [3.63, 3.8) is 0 Å². The number of nitriles is 1. The molecule has 0 amide bonds. The van der Waals surface area contributed by atoms with Gasteiger partial charge < -0.3 is 4.90 Å². The van der Waals surface area contributed by atoms with Crippen LogP contribution in [-0.2, 0) is 0 Å². The van der Waals surface area contributed by atoms with Crippen LogP contribution in [0.15, 0.2) is 30.5 Å². The largest absolute Gasteiger partial charge is 0.338 e. The molecule has 0 atom stereocenters. The van der Waals surface area contributed by atoms with E-state index in [1.165, 1.54) is 0 Å². The molecule has 0 unspecified atom stereocenters. The Morgan fingerprint density at radius 1 is 1.14 bits per heavy atom. The molecular formula is C16H19N5. The second kappa shape index (κ2) is 5.30. The van der Waals surface area contributed by atoms with Gasteiger partial charge in [0.2, 0.25) is 5.95 Å². The van der Waals surface area contributed by atoms with E-state index in [0.29, 0.717) is 0 Å². The van der Waals surface area contributed by atoms with Crippen molar-refractivity contribution in [1.82, 2.24) is 14.9 Å². The molecule has 1 aromatic heterocycles.